The molecule has 1 aromatic carbocycles. The van der Waals surface area contributed by atoms with Crippen LogP contribution in [-0.4, -0.2) is 37.2 Å². The molecule has 1 atom stereocenters. The third kappa shape index (κ3) is 6.23. The van der Waals surface area contributed by atoms with Crippen LogP contribution < -0.4 is 5.32 Å². The van der Waals surface area contributed by atoms with Crippen molar-refractivity contribution < 1.29 is 19.4 Å². The van der Waals surface area contributed by atoms with Gasteiger partial charge in [0.15, 0.2) is 0 Å². The highest BCUT2D eigenvalue weighted by atomic mass is 16.5. The van der Waals surface area contributed by atoms with Crippen LogP contribution in [0.4, 0.5) is 0 Å². The Morgan fingerprint density at radius 3 is 2.71 bits per heavy atom. The quantitative estimate of drug-likeness (QED) is 0.754. The molecule has 5 nitrogen and oxygen atoms in total. The molecule has 5 heteroatoms. The standard InChI is InChI=1S/C16H21NO4/c1-11-6-13(4-5-15(18)19)8-14(7-11)16(20)17-9-12(2)10-21-3/h4-8,12H,9-10H2,1-3H3,(H,17,20)(H,18,19)/b5-4+. The molecule has 1 amide bonds. The number of ether oxygens (including phenoxy) is 1. The van der Waals surface area contributed by atoms with Crippen molar-refractivity contribution in [1.29, 1.82) is 0 Å². The predicted molar refractivity (Wildman–Crippen MR) is 81.2 cm³/mol. The number of aliphatic carboxylic acids is 1. The van der Waals surface area contributed by atoms with Gasteiger partial charge in [0, 0.05) is 25.3 Å². The molecule has 0 spiro atoms. The average molecular weight is 291 g/mol. The van der Waals surface area contributed by atoms with E-state index in [-0.39, 0.29) is 11.8 Å². The number of hydrogen-bond acceptors (Lipinski definition) is 3. The van der Waals surface area contributed by atoms with Crippen LogP contribution in [0.5, 0.6) is 0 Å². The van der Waals surface area contributed by atoms with Crippen LogP contribution in [0.15, 0.2) is 24.3 Å². The second kappa shape index (κ2) is 8.21. The molecule has 0 bridgehead atoms. The van der Waals surface area contributed by atoms with E-state index < -0.39 is 5.97 Å². The van der Waals surface area contributed by atoms with Crippen LogP contribution in [-0.2, 0) is 9.53 Å². The lowest BCUT2D eigenvalue weighted by molar-refractivity contribution is -0.131. The van der Waals surface area contributed by atoms with Gasteiger partial charge in [0.25, 0.3) is 5.91 Å². The molecule has 0 aliphatic rings. The number of carboxylic acids is 1. The first-order chi connectivity index (χ1) is 9.92. The van der Waals surface area contributed by atoms with E-state index in [1.54, 1.807) is 19.2 Å². The molecule has 1 aromatic rings. The average Bonchev–Trinajstić information content (AvgIpc) is 2.42. The molecule has 1 unspecified atom stereocenters. The van der Waals surface area contributed by atoms with Crippen molar-refractivity contribution in [1.82, 2.24) is 5.32 Å². The maximum absolute atomic E-state index is 12.1. The summed E-state index contributed by atoms with van der Waals surface area (Å²) in [6, 6.07) is 5.26. The first-order valence-electron chi connectivity index (χ1n) is 6.72. The Labute approximate surface area is 124 Å². The number of carboxylic acid groups (broad SMARTS) is 1. The third-order valence-electron chi connectivity index (χ3n) is 2.84. The molecule has 0 saturated carbocycles. The van der Waals surface area contributed by atoms with E-state index in [4.69, 9.17) is 9.84 Å². The van der Waals surface area contributed by atoms with Crippen LogP contribution in [0.2, 0.25) is 0 Å². The summed E-state index contributed by atoms with van der Waals surface area (Å²) in [5, 5.41) is 11.5. The third-order valence-corrected chi connectivity index (χ3v) is 2.84. The molecule has 114 valence electrons. The molecule has 0 aliphatic heterocycles. The highest BCUT2D eigenvalue weighted by Crippen LogP contribution is 2.11. The van der Waals surface area contributed by atoms with E-state index in [2.05, 4.69) is 5.32 Å². The minimum atomic E-state index is -1.02. The number of nitrogens with one attached hydrogen (secondary N) is 1. The summed E-state index contributed by atoms with van der Waals surface area (Å²) in [6.45, 7) is 4.96. The monoisotopic (exact) mass is 291 g/mol. The van der Waals surface area contributed by atoms with Crippen molar-refractivity contribution in [3.05, 3.63) is 41.0 Å². The molecule has 21 heavy (non-hydrogen) atoms. The van der Waals surface area contributed by atoms with Crippen molar-refractivity contribution in [2.24, 2.45) is 5.92 Å². The fraction of sp³-hybridized carbons (Fsp3) is 0.375. The first-order valence-corrected chi connectivity index (χ1v) is 6.72. The fourth-order valence-electron chi connectivity index (χ4n) is 1.92. The van der Waals surface area contributed by atoms with Gasteiger partial charge in [-0.25, -0.2) is 4.79 Å². The highest BCUT2D eigenvalue weighted by Gasteiger charge is 2.09. The Bertz CT molecular complexity index is 537. The largest absolute Gasteiger partial charge is 0.478 e. The molecule has 0 radical (unpaired) electrons. The Hall–Kier alpha value is -2.14. The summed E-state index contributed by atoms with van der Waals surface area (Å²) in [5.74, 6) is -0.960. The predicted octanol–water partition coefficient (Wildman–Crippen LogP) is 2.11. The summed E-state index contributed by atoms with van der Waals surface area (Å²) in [4.78, 5) is 22.6. The minimum Gasteiger partial charge on any atom is -0.478 e. The molecule has 0 saturated heterocycles. The second-order valence-electron chi connectivity index (χ2n) is 5.07. The second-order valence-corrected chi connectivity index (χ2v) is 5.07. The Balaban J connectivity index is 2.77. The number of methoxy groups -OCH3 is 1. The van der Waals surface area contributed by atoms with Gasteiger partial charge in [0.05, 0.1) is 6.61 Å². The molecule has 2 N–H and O–H groups in total. The summed E-state index contributed by atoms with van der Waals surface area (Å²) in [7, 11) is 1.62. The van der Waals surface area contributed by atoms with Crippen LogP contribution in [0.25, 0.3) is 6.08 Å². The zero-order chi connectivity index (χ0) is 15.8. The van der Waals surface area contributed by atoms with Crippen LogP contribution >= 0.6 is 0 Å². The van der Waals surface area contributed by atoms with Gasteiger partial charge in [0.2, 0.25) is 0 Å². The SMILES string of the molecule is COCC(C)CNC(=O)c1cc(C)cc(/C=C/C(=O)O)c1. The van der Waals surface area contributed by atoms with E-state index in [1.165, 1.54) is 6.08 Å². The van der Waals surface area contributed by atoms with Crippen LogP contribution in [0.1, 0.15) is 28.4 Å². The van der Waals surface area contributed by atoms with Crippen molar-refractivity contribution in [2.45, 2.75) is 13.8 Å². The van der Waals surface area contributed by atoms with Gasteiger partial charge in [-0.1, -0.05) is 13.0 Å². The van der Waals surface area contributed by atoms with Gasteiger partial charge >= 0.3 is 5.97 Å². The number of carbonyl (C=O) groups is 2. The fourth-order valence-corrected chi connectivity index (χ4v) is 1.92. The van der Waals surface area contributed by atoms with Gasteiger partial charge in [-0.15, -0.1) is 0 Å². The normalized spacial score (nSPS) is 12.3. The molecule has 1 rings (SSSR count). The van der Waals surface area contributed by atoms with Gasteiger partial charge in [-0.05, 0) is 42.2 Å². The molecule has 0 fully saturated rings. The molecular weight excluding hydrogens is 270 g/mol. The van der Waals surface area contributed by atoms with E-state index in [0.717, 1.165) is 11.6 Å². The molecular formula is C16H21NO4. The molecule has 0 heterocycles. The maximum Gasteiger partial charge on any atom is 0.328 e. The van der Waals surface area contributed by atoms with Gasteiger partial charge < -0.3 is 15.2 Å². The van der Waals surface area contributed by atoms with Crippen molar-refractivity contribution in [2.75, 3.05) is 20.3 Å². The van der Waals surface area contributed by atoms with Crippen molar-refractivity contribution in [3.63, 3.8) is 0 Å². The number of carbonyl (C=O) groups excluding carboxylic acids is 1. The smallest absolute Gasteiger partial charge is 0.328 e. The zero-order valence-electron chi connectivity index (χ0n) is 12.6. The topological polar surface area (TPSA) is 75.6 Å². The summed E-state index contributed by atoms with van der Waals surface area (Å²) in [5.41, 5.74) is 2.11. The zero-order valence-corrected chi connectivity index (χ0v) is 12.6. The lowest BCUT2D eigenvalue weighted by atomic mass is 10.1. The Kier molecular flexibility index (Phi) is 6.62. The van der Waals surface area contributed by atoms with E-state index in [1.807, 2.05) is 19.9 Å². The number of aryl methyl sites for hydroxylation is 1. The van der Waals surface area contributed by atoms with Crippen molar-refractivity contribution in [3.8, 4) is 0 Å². The number of benzene rings is 1. The number of amides is 1. The lowest BCUT2D eigenvalue weighted by Crippen LogP contribution is -2.29. The minimum absolute atomic E-state index is 0.174. The Morgan fingerprint density at radius 1 is 1.38 bits per heavy atom. The number of rotatable bonds is 7. The van der Waals surface area contributed by atoms with E-state index in [0.29, 0.717) is 24.3 Å². The van der Waals surface area contributed by atoms with Gasteiger partial charge in [-0.2, -0.15) is 0 Å². The lowest BCUT2D eigenvalue weighted by Gasteiger charge is -2.12. The van der Waals surface area contributed by atoms with Crippen molar-refractivity contribution >= 4 is 18.0 Å². The van der Waals surface area contributed by atoms with E-state index in [9.17, 15) is 9.59 Å². The summed E-state index contributed by atoms with van der Waals surface area (Å²) < 4.78 is 5.02. The molecule has 0 aliphatic carbocycles. The summed E-state index contributed by atoms with van der Waals surface area (Å²) in [6.07, 6.45) is 2.52. The highest BCUT2D eigenvalue weighted by molar-refractivity contribution is 5.95. The van der Waals surface area contributed by atoms with E-state index >= 15 is 0 Å². The summed E-state index contributed by atoms with van der Waals surface area (Å²) >= 11 is 0. The Morgan fingerprint density at radius 2 is 2.10 bits per heavy atom. The van der Waals surface area contributed by atoms with Gasteiger partial charge in [-0.3, -0.25) is 4.79 Å². The first kappa shape index (κ1) is 16.9. The van der Waals surface area contributed by atoms with Crippen LogP contribution in [0.3, 0.4) is 0 Å². The maximum atomic E-state index is 12.1. The van der Waals surface area contributed by atoms with Crippen LogP contribution in [0, 0.1) is 12.8 Å². The number of hydrogen-bond donors (Lipinski definition) is 2. The van der Waals surface area contributed by atoms with Gasteiger partial charge in [0.1, 0.15) is 0 Å². The molecule has 0 aromatic heterocycles.